The number of aromatic nitrogens is 6. The van der Waals surface area contributed by atoms with Gasteiger partial charge < -0.3 is 9.84 Å². The number of fused-ring (bicyclic) bond motifs is 1. The molecule has 2 aromatic rings. The second-order valence-corrected chi connectivity index (χ2v) is 6.91. The van der Waals surface area contributed by atoms with Gasteiger partial charge in [0.05, 0.1) is 12.5 Å². The lowest BCUT2D eigenvalue weighted by Crippen LogP contribution is -2.30. The molecule has 9 heteroatoms. The molecule has 1 amide bonds. The van der Waals surface area contributed by atoms with Crippen LogP contribution in [0, 0.1) is 0 Å². The molecule has 25 heavy (non-hydrogen) atoms. The lowest BCUT2D eigenvalue weighted by molar-refractivity contribution is -0.123. The number of tetrazole rings is 1. The maximum Gasteiger partial charge on any atom is 0.246 e. The van der Waals surface area contributed by atoms with Crippen molar-refractivity contribution in [2.75, 3.05) is 0 Å². The minimum atomic E-state index is -0.321. The van der Waals surface area contributed by atoms with Gasteiger partial charge in [-0.1, -0.05) is 30.8 Å². The van der Waals surface area contributed by atoms with E-state index in [1.54, 1.807) is 4.68 Å². The molecule has 4 rings (SSSR count). The molecule has 2 aromatic heterocycles. The maximum absolute atomic E-state index is 12.6. The number of rotatable bonds is 4. The molecule has 2 aliphatic rings. The van der Waals surface area contributed by atoms with E-state index in [2.05, 4.69) is 31.0 Å². The fourth-order valence-corrected chi connectivity index (χ4v) is 3.76. The summed E-state index contributed by atoms with van der Waals surface area (Å²) in [4.78, 5) is 17.0. The SMILES string of the molecule is O=C(NCc1nc(C2CCCCC2)no1)C1CCCCn2nnnc21. The summed E-state index contributed by atoms with van der Waals surface area (Å²) in [5.41, 5.74) is 0. The highest BCUT2D eigenvalue weighted by atomic mass is 16.5. The van der Waals surface area contributed by atoms with E-state index in [0.29, 0.717) is 17.6 Å². The van der Waals surface area contributed by atoms with Gasteiger partial charge in [-0.2, -0.15) is 4.98 Å². The number of hydrogen-bond acceptors (Lipinski definition) is 7. The van der Waals surface area contributed by atoms with Crippen LogP contribution in [0.1, 0.15) is 80.7 Å². The van der Waals surface area contributed by atoms with Crippen molar-refractivity contribution in [3.8, 4) is 0 Å². The lowest BCUT2D eigenvalue weighted by atomic mass is 9.89. The monoisotopic (exact) mass is 345 g/mol. The largest absolute Gasteiger partial charge is 0.346 e. The van der Waals surface area contributed by atoms with Gasteiger partial charge in [0.2, 0.25) is 11.8 Å². The average Bonchev–Trinajstić information content (AvgIpc) is 3.26. The molecule has 0 bridgehead atoms. The molecule has 134 valence electrons. The van der Waals surface area contributed by atoms with Crippen molar-refractivity contribution < 1.29 is 9.32 Å². The molecule has 0 spiro atoms. The number of aryl methyl sites for hydroxylation is 1. The molecule has 1 N–H and O–H groups in total. The van der Waals surface area contributed by atoms with Crippen LogP contribution in [0.15, 0.2) is 4.52 Å². The fraction of sp³-hybridized carbons (Fsp3) is 0.750. The normalized spacial score (nSPS) is 21.5. The topological polar surface area (TPSA) is 112 Å². The quantitative estimate of drug-likeness (QED) is 0.897. The summed E-state index contributed by atoms with van der Waals surface area (Å²) >= 11 is 0. The molecule has 1 unspecified atom stereocenters. The number of nitrogens with zero attached hydrogens (tertiary/aromatic N) is 6. The molecule has 1 aliphatic heterocycles. The third kappa shape index (κ3) is 3.54. The van der Waals surface area contributed by atoms with Gasteiger partial charge in [0.15, 0.2) is 11.6 Å². The van der Waals surface area contributed by atoms with E-state index in [0.717, 1.165) is 44.5 Å². The van der Waals surface area contributed by atoms with Crippen LogP contribution in [0.3, 0.4) is 0 Å². The Bertz CT molecular complexity index is 720. The average molecular weight is 345 g/mol. The Hall–Kier alpha value is -2.32. The third-order valence-electron chi connectivity index (χ3n) is 5.17. The van der Waals surface area contributed by atoms with Gasteiger partial charge in [-0.25, -0.2) is 4.68 Å². The Morgan fingerprint density at radius 2 is 2.00 bits per heavy atom. The summed E-state index contributed by atoms with van der Waals surface area (Å²) in [6, 6.07) is 0. The Kier molecular flexibility index (Phi) is 4.71. The molecular formula is C16H23N7O2. The van der Waals surface area contributed by atoms with Gasteiger partial charge >= 0.3 is 0 Å². The van der Waals surface area contributed by atoms with Crippen LogP contribution in [-0.4, -0.2) is 36.3 Å². The highest BCUT2D eigenvalue weighted by Gasteiger charge is 2.28. The van der Waals surface area contributed by atoms with Crippen LogP contribution in [-0.2, 0) is 17.9 Å². The van der Waals surface area contributed by atoms with E-state index in [1.165, 1.54) is 19.3 Å². The van der Waals surface area contributed by atoms with E-state index in [4.69, 9.17) is 4.52 Å². The van der Waals surface area contributed by atoms with Crippen molar-refractivity contribution in [2.24, 2.45) is 0 Å². The first-order valence-corrected chi connectivity index (χ1v) is 9.17. The first-order chi connectivity index (χ1) is 12.3. The van der Waals surface area contributed by atoms with E-state index < -0.39 is 0 Å². The van der Waals surface area contributed by atoms with Crippen LogP contribution in [0.25, 0.3) is 0 Å². The molecule has 0 radical (unpaired) electrons. The number of amides is 1. The Morgan fingerprint density at radius 1 is 1.16 bits per heavy atom. The highest BCUT2D eigenvalue weighted by Crippen LogP contribution is 2.30. The van der Waals surface area contributed by atoms with Crippen molar-refractivity contribution in [3.63, 3.8) is 0 Å². The molecule has 3 heterocycles. The predicted molar refractivity (Wildman–Crippen MR) is 86.4 cm³/mol. The van der Waals surface area contributed by atoms with Crippen LogP contribution in [0.2, 0.25) is 0 Å². The molecule has 9 nitrogen and oxygen atoms in total. The van der Waals surface area contributed by atoms with Gasteiger partial charge in [0, 0.05) is 12.5 Å². The molecular weight excluding hydrogens is 322 g/mol. The minimum Gasteiger partial charge on any atom is -0.346 e. The summed E-state index contributed by atoms with van der Waals surface area (Å²) < 4.78 is 7.04. The van der Waals surface area contributed by atoms with Crippen molar-refractivity contribution in [3.05, 3.63) is 17.5 Å². The smallest absolute Gasteiger partial charge is 0.246 e. The summed E-state index contributed by atoms with van der Waals surface area (Å²) in [5.74, 6) is 1.87. The zero-order valence-electron chi connectivity index (χ0n) is 14.2. The van der Waals surface area contributed by atoms with E-state index in [9.17, 15) is 4.79 Å². The Balaban J connectivity index is 1.37. The number of nitrogens with one attached hydrogen (secondary N) is 1. The molecule has 0 aromatic carbocycles. The first kappa shape index (κ1) is 16.2. The van der Waals surface area contributed by atoms with Crippen molar-refractivity contribution in [2.45, 2.75) is 76.3 Å². The zero-order valence-corrected chi connectivity index (χ0v) is 14.2. The number of carbonyl (C=O) groups is 1. The summed E-state index contributed by atoms with van der Waals surface area (Å²) in [7, 11) is 0. The van der Waals surface area contributed by atoms with E-state index in [1.807, 2.05) is 0 Å². The molecule has 1 fully saturated rings. The molecule has 1 saturated carbocycles. The van der Waals surface area contributed by atoms with Gasteiger partial charge in [-0.3, -0.25) is 4.79 Å². The van der Waals surface area contributed by atoms with Gasteiger partial charge in [0.1, 0.15) is 0 Å². The minimum absolute atomic E-state index is 0.0876. The van der Waals surface area contributed by atoms with Crippen molar-refractivity contribution >= 4 is 5.91 Å². The van der Waals surface area contributed by atoms with Gasteiger partial charge in [-0.15, -0.1) is 5.10 Å². The van der Waals surface area contributed by atoms with E-state index >= 15 is 0 Å². The fourth-order valence-electron chi connectivity index (χ4n) is 3.76. The number of carbonyl (C=O) groups excluding carboxylic acids is 1. The molecule has 1 aliphatic carbocycles. The van der Waals surface area contributed by atoms with Crippen LogP contribution < -0.4 is 5.32 Å². The molecule has 1 atom stereocenters. The summed E-state index contributed by atoms with van der Waals surface area (Å²) in [5, 5.41) is 18.7. The zero-order chi connectivity index (χ0) is 17.1. The maximum atomic E-state index is 12.6. The lowest BCUT2D eigenvalue weighted by Gasteiger charge is -2.17. The van der Waals surface area contributed by atoms with Crippen molar-refractivity contribution in [1.82, 2.24) is 35.7 Å². The van der Waals surface area contributed by atoms with Gasteiger partial charge in [0.25, 0.3) is 0 Å². The van der Waals surface area contributed by atoms with Crippen molar-refractivity contribution in [1.29, 1.82) is 0 Å². The second-order valence-electron chi connectivity index (χ2n) is 6.91. The molecule has 0 saturated heterocycles. The van der Waals surface area contributed by atoms with Crippen LogP contribution >= 0.6 is 0 Å². The van der Waals surface area contributed by atoms with Gasteiger partial charge in [-0.05, 0) is 36.1 Å². The predicted octanol–water partition coefficient (Wildman–Crippen LogP) is 1.69. The summed E-state index contributed by atoms with van der Waals surface area (Å²) in [6.07, 6.45) is 8.68. The Labute approximate surface area is 145 Å². The van der Waals surface area contributed by atoms with Crippen LogP contribution in [0.4, 0.5) is 0 Å². The van der Waals surface area contributed by atoms with E-state index in [-0.39, 0.29) is 18.4 Å². The standard InChI is InChI=1S/C16H23N7O2/c24-16(12-8-4-5-9-23-15(12)19-21-22-23)17-10-13-18-14(20-25-13)11-6-2-1-3-7-11/h11-12H,1-10H2,(H,17,24). The number of hydrogen-bond donors (Lipinski definition) is 1. The highest BCUT2D eigenvalue weighted by molar-refractivity contribution is 5.82. The third-order valence-corrected chi connectivity index (χ3v) is 5.17. The second kappa shape index (κ2) is 7.28. The first-order valence-electron chi connectivity index (χ1n) is 9.17. The van der Waals surface area contributed by atoms with Crippen LogP contribution in [0.5, 0.6) is 0 Å². The summed E-state index contributed by atoms with van der Waals surface area (Å²) in [6.45, 7) is 1.01. The Morgan fingerprint density at radius 3 is 2.88 bits per heavy atom.